The maximum Gasteiger partial charge on any atom is 0.243 e. The molecule has 1 atom stereocenters. The van der Waals surface area contributed by atoms with Crippen LogP contribution in [0.2, 0.25) is 0 Å². The van der Waals surface area contributed by atoms with E-state index in [9.17, 15) is 9.59 Å². The Morgan fingerprint density at radius 3 is 2.18 bits per heavy atom. The largest absolute Gasteiger partial charge is 0.352 e. The molecule has 39 heavy (non-hydrogen) atoms. The molecule has 0 saturated heterocycles. The van der Waals surface area contributed by atoms with E-state index in [-0.39, 0.29) is 23.3 Å². The van der Waals surface area contributed by atoms with Crippen molar-refractivity contribution in [3.8, 4) is 0 Å². The molecule has 0 radical (unpaired) electrons. The Morgan fingerprint density at radius 1 is 0.872 bits per heavy atom. The number of carbonyl (C=O) groups excluding carboxylic acids is 2. The zero-order chi connectivity index (χ0) is 27.8. The van der Waals surface area contributed by atoms with E-state index >= 15 is 0 Å². The lowest BCUT2D eigenvalue weighted by Gasteiger charge is -2.32. The van der Waals surface area contributed by atoms with E-state index in [1.165, 1.54) is 5.56 Å². The molecule has 1 N–H and O–H groups in total. The number of aryl methyl sites for hydroxylation is 2. The molecule has 0 aliphatic heterocycles. The molecule has 2 amide bonds. The first kappa shape index (κ1) is 28.6. The van der Waals surface area contributed by atoms with E-state index in [1.807, 2.05) is 47.4 Å². The number of amides is 2. The summed E-state index contributed by atoms with van der Waals surface area (Å²) < 4.78 is 0. The van der Waals surface area contributed by atoms with Gasteiger partial charge in [-0.1, -0.05) is 118 Å². The van der Waals surface area contributed by atoms with Crippen LogP contribution in [0, 0.1) is 6.92 Å². The predicted octanol–water partition coefficient (Wildman–Crippen LogP) is 6.92. The predicted molar refractivity (Wildman–Crippen MR) is 160 cm³/mol. The highest BCUT2D eigenvalue weighted by atomic mass is 16.2. The van der Waals surface area contributed by atoms with Gasteiger partial charge >= 0.3 is 0 Å². The van der Waals surface area contributed by atoms with Crippen LogP contribution < -0.4 is 5.32 Å². The monoisotopic (exact) mass is 524 g/mol. The smallest absolute Gasteiger partial charge is 0.243 e. The van der Waals surface area contributed by atoms with Crippen LogP contribution >= 0.6 is 0 Å². The second-order valence-electron chi connectivity index (χ2n) is 12.2. The minimum atomic E-state index is -0.565. The first-order valence-electron chi connectivity index (χ1n) is 14.5. The van der Waals surface area contributed by atoms with E-state index in [0.717, 1.165) is 47.9 Å². The van der Waals surface area contributed by atoms with Crippen molar-refractivity contribution in [2.24, 2.45) is 0 Å². The van der Waals surface area contributed by atoms with Crippen molar-refractivity contribution in [2.75, 3.05) is 0 Å². The summed E-state index contributed by atoms with van der Waals surface area (Å²) in [5.74, 6) is -0.0276. The molecule has 0 spiro atoms. The molecule has 1 aliphatic carbocycles. The Kier molecular flexibility index (Phi) is 9.61. The van der Waals surface area contributed by atoms with Gasteiger partial charge in [0.15, 0.2) is 0 Å². The summed E-state index contributed by atoms with van der Waals surface area (Å²) in [7, 11) is 0. The number of hydrogen-bond acceptors (Lipinski definition) is 2. The quantitative estimate of drug-likeness (QED) is 0.313. The van der Waals surface area contributed by atoms with Gasteiger partial charge < -0.3 is 10.2 Å². The van der Waals surface area contributed by atoms with E-state index in [0.29, 0.717) is 25.8 Å². The third-order valence-electron chi connectivity index (χ3n) is 7.86. The van der Waals surface area contributed by atoms with Crippen LogP contribution in [0.3, 0.4) is 0 Å². The van der Waals surface area contributed by atoms with Gasteiger partial charge in [0.2, 0.25) is 11.8 Å². The van der Waals surface area contributed by atoms with Crippen LogP contribution in [0.4, 0.5) is 0 Å². The van der Waals surface area contributed by atoms with Crippen molar-refractivity contribution in [3.63, 3.8) is 0 Å². The van der Waals surface area contributed by atoms with Crippen LogP contribution in [-0.2, 0) is 34.4 Å². The molecule has 1 saturated carbocycles. The van der Waals surface area contributed by atoms with Crippen LogP contribution in [0.25, 0.3) is 0 Å². The summed E-state index contributed by atoms with van der Waals surface area (Å²) in [6.07, 6.45) is 5.83. The zero-order valence-corrected chi connectivity index (χ0v) is 24.1. The van der Waals surface area contributed by atoms with Crippen molar-refractivity contribution in [3.05, 3.63) is 107 Å². The van der Waals surface area contributed by atoms with Gasteiger partial charge in [0.25, 0.3) is 0 Å². The molecule has 1 fully saturated rings. The molecule has 3 aromatic carbocycles. The van der Waals surface area contributed by atoms with Gasteiger partial charge in [0, 0.05) is 25.4 Å². The Hall–Kier alpha value is -3.40. The van der Waals surface area contributed by atoms with Crippen LogP contribution in [0.5, 0.6) is 0 Å². The Morgan fingerprint density at radius 2 is 1.54 bits per heavy atom. The van der Waals surface area contributed by atoms with Gasteiger partial charge in [-0.2, -0.15) is 0 Å². The zero-order valence-electron chi connectivity index (χ0n) is 24.1. The topological polar surface area (TPSA) is 49.4 Å². The van der Waals surface area contributed by atoms with Gasteiger partial charge in [-0.15, -0.1) is 0 Å². The SMILES string of the molecule is Cc1cccc(CN(C(=O)CCc2ccc(C(C)(C)C)cc2)C(Cc2ccccc2)C(=O)NC2CCCC2)c1. The highest BCUT2D eigenvalue weighted by molar-refractivity contribution is 5.88. The first-order chi connectivity index (χ1) is 18.7. The molecule has 206 valence electrons. The third-order valence-corrected chi connectivity index (χ3v) is 7.86. The molecule has 4 heteroatoms. The number of carbonyl (C=O) groups is 2. The normalized spacial score (nSPS) is 14.7. The van der Waals surface area contributed by atoms with E-state index in [1.54, 1.807) is 0 Å². The van der Waals surface area contributed by atoms with Crippen molar-refractivity contribution in [1.82, 2.24) is 10.2 Å². The summed E-state index contributed by atoms with van der Waals surface area (Å²) in [6, 6.07) is 26.5. The summed E-state index contributed by atoms with van der Waals surface area (Å²) in [5.41, 5.74) is 5.77. The lowest BCUT2D eigenvalue weighted by atomic mass is 9.86. The minimum Gasteiger partial charge on any atom is -0.352 e. The second kappa shape index (κ2) is 13.1. The molecule has 0 aromatic heterocycles. The fourth-order valence-corrected chi connectivity index (χ4v) is 5.49. The van der Waals surface area contributed by atoms with Crippen molar-refractivity contribution >= 4 is 11.8 Å². The Labute approximate surface area is 234 Å². The van der Waals surface area contributed by atoms with Crippen molar-refractivity contribution < 1.29 is 9.59 Å². The van der Waals surface area contributed by atoms with Crippen LogP contribution in [-0.4, -0.2) is 28.8 Å². The van der Waals surface area contributed by atoms with Gasteiger partial charge in [0.1, 0.15) is 6.04 Å². The molecular formula is C35H44N2O2. The Balaban J connectivity index is 1.58. The molecule has 0 bridgehead atoms. The van der Waals surface area contributed by atoms with Gasteiger partial charge in [-0.3, -0.25) is 9.59 Å². The molecule has 0 heterocycles. The summed E-state index contributed by atoms with van der Waals surface area (Å²) >= 11 is 0. The average molecular weight is 525 g/mol. The highest BCUT2D eigenvalue weighted by Gasteiger charge is 2.32. The van der Waals surface area contributed by atoms with Gasteiger partial charge in [-0.25, -0.2) is 0 Å². The van der Waals surface area contributed by atoms with E-state index in [2.05, 4.69) is 69.4 Å². The fraction of sp³-hybridized carbons (Fsp3) is 0.429. The minimum absolute atomic E-state index is 0.0129. The summed E-state index contributed by atoms with van der Waals surface area (Å²) in [6.45, 7) is 9.10. The van der Waals surface area contributed by atoms with Crippen LogP contribution in [0.1, 0.15) is 80.7 Å². The average Bonchev–Trinajstić information content (AvgIpc) is 3.42. The third kappa shape index (κ3) is 8.29. The lowest BCUT2D eigenvalue weighted by Crippen LogP contribution is -2.52. The summed E-state index contributed by atoms with van der Waals surface area (Å²) in [5, 5.41) is 3.29. The Bertz CT molecular complexity index is 1220. The molecule has 4 rings (SSSR count). The number of nitrogens with one attached hydrogen (secondary N) is 1. The molecular weight excluding hydrogens is 480 g/mol. The number of nitrogens with zero attached hydrogens (tertiary/aromatic N) is 1. The highest BCUT2D eigenvalue weighted by Crippen LogP contribution is 2.24. The second-order valence-corrected chi connectivity index (χ2v) is 12.2. The fourth-order valence-electron chi connectivity index (χ4n) is 5.49. The number of hydrogen-bond donors (Lipinski definition) is 1. The van der Waals surface area contributed by atoms with E-state index < -0.39 is 6.04 Å². The van der Waals surface area contributed by atoms with E-state index in [4.69, 9.17) is 0 Å². The molecule has 4 nitrogen and oxygen atoms in total. The first-order valence-corrected chi connectivity index (χ1v) is 14.5. The van der Waals surface area contributed by atoms with Crippen molar-refractivity contribution in [2.45, 2.75) is 96.7 Å². The standard InChI is InChI=1S/C35H44N2O2/c1-26-11-10-14-29(23-26)25-37(33(38)22-19-27-17-20-30(21-18-27)35(2,3)4)32(24-28-12-6-5-7-13-28)34(39)36-31-15-8-9-16-31/h5-7,10-14,17-18,20-21,23,31-32H,8-9,15-16,19,22,24-25H2,1-4H3,(H,36,39). The van der Waals surface area contributed by atoms with Crippen molar-refractivity contribution in [1.29, 1.82) is 0 Å². The number of benzene rings is 3. The lowest BCUT2D eigenvalue weighted by molar-refractivity contribution is -0.141. The maximum atomic E-state index is 14.0. The molecule has 1 unspecified atom stereocenters. The van der Waals surface area contributed by atoms with Gasteiger partial charge in [0.05, 0.1) is 0 Å². The summed E-state index contributed by atoms with van der Waals surface area (Å²) in [4.78, 5) is 29.6. The van der Waals surface area contributed by atoms with Gasteiger partial charge in [-0.05, 0) is 53.9 Å². The molecule has 3 aromatic rings. The maximum absolute atomic E-state index is 14.0. The molecule has 1 aliphatic rings. The van der Waals surface area contributed by atoms with Crippen LogP contribution in [0.15, 0.2) is 78.9 Å². The number of rotatable bonds is 10.